The van der Waals surface area contributed by atoms with Crippen molar-refractivity contribution in [3.63, 3.8) is 0 Å². The first-order chi connectivity index (χ1) is 7.44. The predicted molar refractivity (Wildman–Crippen MR) is 62.4 cm³/mol. The first-order valence-corrected chi connectivity index (χ1v) is 6.39. The fourth-order valence-corrected chi connectivity index (χ4v) is 1.70. The molecule has 5 nitrogen and oxygen atoms in total. The van der Waals surface area contributed by atoms with E-state index in [1.165, 1.54) is 0 Å². The first-order valence-electron chi connectivity index (χ1n) is 4.68. The lowest BCUT2D eigenvalue weighted by atomic mass is 10.1. The van der Waals surface area contributed by atoms with Crippen molar-refractivity contribution in [2.45, 2.75) is 6.92 Å². The van der Waals surface area contributed by atoms with Crippen LogP contribution in [0.3, 0.4) is 0 Å². The summed E-state index contributed by atoms with van der Waals surface area (Å²) in [6.45, 7) is 2.04. The molecule has 0 saturated heterocycles. The standard InChI is InChI=1S/C10H13N3O2S/c1-8-3-2-4-9(7-11)10(8)13-5-6-16(12,14)15/h2-4,13H,5-6H2,1H3,(H2,12,14,15). The van der Waals surface area contributed by atoms with E-state index in [4.69, 9.17) is 10.4 Å². The van der Waals surface area contributed by atoms with E-state index < -0.39 is 10.0 Å². The van der Waals surface area contributed by atoms with Crippen LogP contribution in [-0.4, -0.2) is 20.7 Å². The molecule has 3 N–H and O–H groups in total. The van der Waals surface area contributed by atoms with Gasteiger partial charge in [0.25, 0.3) is 0 Å². The molecule has 0 amide bonds. The predicted octanol–water partition coefficient (Wildman–Crippen LogP) is 0.567. The third-order valence-corrected chi connectivity index (χ3v) is 2.85. The van der Waals surface area contributed by atoms with Gasteiger partial charge in [-0.05, 0) is 18.6 Å². The molecule has 1 aromatic carbocycles. The summed E-state index contributed by atoms with van der Waals surface area (Å²) >= 11 is 0. The number of anilines is 1. The molecule has 0 atom stereocenters. The van der Waals surface area contributed by atoms with Crippen molar-refractivity contribution in [1.82, 2.24) is 0 Å². The number of sulfonamides is 1. The zero-order chi connectivity index (χ0) is 12.2. The van der Waals surface area contributed by atoms with Crippen LogP contribution in [0, 0.1) is 18.3 Å². The number of nitrogens with one attached hydrogen (secondary N) is 1. The number of hydrogen-bond donors (Lipinski definition) is 2. The van der Waals surface area contributed by atoms with Crippen molar-refractivity contribution < 1.29 is 8.42 Å². The third kappa shape index (κ3) is 3.53. The highest BCUT2D eigenvalue weighted by molar-refractivity contribution is 7.89. The van der Waals surface area contributed by atoms with E-state index in [1.54, 1.807) is 12.1 Å². The van der Waals surface area contributed by atoms with E-state index >= 15 is 0 Å². The van der Waals surface area contributed by atoms with Crippen LogP contribution in [0.1, 0.15) is 11.1 Å². The number of nitrogens with zero attached hydrogens (tertiary/aromatic N) is 1. The molecule has 0 radical (unpaired) electrons. The van der Waals surface area contributed by atoms with E-state index in [9.17, 15) is 8.42 Å². The minimum Gasteiger partial charge on any atom is -0.383 e. The van der Waals surface area contributed by atoms with E-state index in [1.807, 2.05) is 19.1 Å². The Morgan fingerprint density at radius 1 is 1.50 bits per heavy atom. The summed E-state index contributed by atoms with van der Waals surface area (Å²) in [5.74, 6) is -0.161. The molecule has 1 aromatic rings. The SMILES string of the molecule is Cc1cccc(C#N)c1NCCS(N)(=O)=O. The van der Waals surface area contributed by atoms with Gasteiger partial charge in [0, 0.05) is 6.54 Å². The molecule has 86 valence electrons. The molecule has 0 aliphatic rings. The highest BCUT2D eigenvalue weighted by Gasteiger charge is 2.06. The Hall–Kier alpha value is -1.58. The molecule has 0 bridgehead atoms. The summed E-state index contributed by atoms with van der Waals surface area (Å²) < 4.78 is 21.5. The van der Waals surface area contributed by atoms with Crippen LogP contribution in [0.2, 0.25) is 0 Å². The van der Waals surface area contributed by atoms with Gasteiger partial charge < -0.3 is 5.32 Å². The number of para-hydroxylation sites is 1. The van der Waals surface area contributed by atoms with Gasteiger partial charge >= 0.3 is 0 Å². The van der Waals surface area contributed by atoms with Gasteiger partial charge in [0.05, 0.1) is 17.0 Å². The number of benzene rings is 1. The second-order valence-electron chi connectivity index (χ2n) is 3.40. The summed E-state index contributed by atoms with van der Waals surface area (Å²) in [7, 11) is -3.47. The highest BCUT2D eigenvalue weighted by atomic mass is 32.2. The lowest BCUT2D eigenvalue weighted by Gasteiger charge is -2.10. The molecule has 0 heterocycles. The summed E-state index contributed by atoms with van der Waals surface area (Å²) in [6, 6.07) is 7.34. The fraction of sp³-hybridized carbons (Fsp3) is 0.300. The molecule has 0 unspecified atom stereocenters. The Balaban J connectivity index is 2.78. The quantitative estimate of drug-likeness (QED) is 0.802. The third-order valence-electron chi connectivity index (χ3n) is 2.08. The normalized spacial score (nSPS) is 10.8. The average Bonchev–Trinajstić information content (AvgIpc) is 2.18. The van der Waals surface area contributed by atoms with E-state index in [0.29, 0.717) is 11.3 Å². The second-order valence-corrected chi connectivity index (χ2v) is 5.14. The van der Waals surface area contributed by atoms with Crippen LogP contribution in [0.15, 0.2) is 18.2 Å². The molecular formula is C10H13N3O2S. The van der Waals surface area contributed by atoms with Crippen LogP contribution < -0.4 is 10.5 Å². The maximum absolute atomic E-state index is 10.7. The number of nitrogens with two attached hydrogens (primary N) is 1. The number of primary sulfonamides is 1. The summed E-state index contributed by atoms with van der Waals surface area (Å²) in [6.07, 6.45) is 0. The number of aryl methyl sites for hydroxylation is 1. The molecule has 0 aliphatic heterocycles. The Labute approximate surface area is 94.9 Å². The maximum Gasteiger partial charge on any atom is 0.210 e. The molecule has 1 rings (SSSR count). The zero-order valence-electron chi connectivity index (χ0n) is 8.90. The molecule has 0 fully saturated rings. The van der Waals surface area contributed by atoms with Crippen molar-refractivity contribution in [2.75, 3.05) is 17.6 Å². The van der Waals surface area contributed by atoms with Crippen molar-refractivity contribution in [3.05, 3.63) is 29.3 Å². The van der Waals surface area contributed by atoms with Gasteiger partial charge in [-0.3, -0.25) is 0 Å². The Kier molecular flexibility index (Phi) is 3.88. The number of nitriles is 1. The molecule has 0 saturated carbocycles. The van der Waals surface area contributed by atoms with Gasteiger partial charge in [-0.15, -0.1) is 0 Å². The Morgan fingerprint density at radius 3 is 2.75 bits per heavy atom. The molecular weight excluding hydrogens is 226 g/mol. The van der Waals surface area contributed by atoms with Crippen LogP contribution in [0.5, 0.6) is 0 Å². The first kappa shape index (κ1) is 12.5. The fourth-order valence-electron chi connectivity index (χ4n) is 1.31. The monoisotopic (exact) mass is 239 g/mol. The maximum atomic E-state index is 10.7. The summed E-state index contributed by atoms with van der Waals surface area (Å²) in [5.41, 5.74) is 2.05. The minimum atomic E-state index is -3.47. The molecule has 0 spiro atoms. The minimum absolute atomic E-state index is 0.161. The van der Waals surface area contributed by atoms with Gasteiger partial charge in [-0.1, -0.05) is 12.1 Å². The average molecular weight is 239 g/mol. The van der Waals surface area contributed by atoms with Crippen LogP contribution in [0.4, 0.5) is 5.69 Å². The van der Waals surface area contributed by atoms with Gasteiger partial charge in [0.1, 0.15) is 6.07 Å². The van der Waals surface area contributed by atoms with Gasteiger partial charge in [-0.2, -0.15) is 5.26 Å². The van der Waals surface area contributed by atoms with Gasteiger partial charge in [-0.25, -0.2) is 13.6 Å². The topological polar surface area (TPSA) is 96.0 Å². The largest absolute Gasteiger partial charge is 0.383 e. The van der Waals surface area contributed by atoms with Crippen molar-refractivity contribution in [1.29, 1.82) is 5.26 Å². The lowest BCUT2D eigenvalue weighted by molar-refractivity contribution is 0.598. The van der Waals surface area contributed by atoms with E-state index in [-0.39, 0.29) is 12.3 Å². The highest BCUT2D eigenvalue weighted by Crippen LogP contribution is 2.19. The number of rotatable bonds is 4. The van der Waals surface area contributed by atoms with Crippen molar-refractivity contribution in [3.8, 4) is 6.07 Å². The summed E-state index contributed by atoms with van der Waals surface area (Å²) in [4.78, 5) is 0. The smallest absolute Gasteiger partial charge is 0.210 e. The van der Waals surface area contributed by atoms with Crippen LogP contribution in [0.25, 0.3) is 0 Å². The van der Waals surface area contributed by atoms with Crippen LogP contribution >= 0.6 is 0 Å². The second kappa shape index (κ2) is 4.96. The Morgan fingerprint density at radius 2 is 2.19 bits per heavy atom. The van der Waals surface area contributed by atoms with Gasteiger partial charge in [0.15, 0.2) is 0 Å². The van der Waals surface area contributed by atoms with E-state index in [2.05, 4.69) is 5.32 Å². The van der Waals surface area contributed by atoms with Gasteiger partial charge in [0.2, 0.25) is 10.0 Å². The van der Waals surface area contributed by atoms with Crippen molar-refractivity contribution in [2.24, 2.45) is 5.14 Å². The van der Waals surface area contributed by atoms with Crippen LogP contribution in [-0.2, 0) is 10.0 Å². The molecule has 0 aliphatic carbocycles. The zero-order valence-corrected chi connectivity index (χ0v) is 9.71. The van der Waals surface area contributed by atoms with E-state index in [0.717, 1.165) is 5.56 Å². The van der Waals surface area contributed by atoms with Crippen molar-refractivity contribution >= 4 is 15.7 Å². The lowest BCUT2D eigenvalue weighted by Crippen LogP contribution is -2.22. The summed E-state index contributed by atoms with van der Waals surface area (Å²) in [5, 5.41) is 16.7. The molecule has 0 aromatic heterocycles. The molecule has 6 heteroatoms. The molecule has 16 heavy (non-hydrogen) atoms. The number of hydrogen-bond acceptors (Lipinski definition) is 4. The Bertz CT molecular complexity index is 517.